The fourth-order valence-electron chi connectivity index (χ4n) is 2.29. The molecule has 0 saturated carbocycles. The van der Waals surface area contributed by atoms with E-state index in [1.807, 2.05) is 11.8 Å². The third-order valence-corrected chi connectivity index (χ3v) is 4.89. The van der Waals surface area contributed by atoms with Crippen LogP contribution in [0.1, 0.15) is 45.1 Å². The van der Waals surface area contributed by atoms with Gasteiger partial charge >= 0.3 is 0 Å². The van der Waals surface area contributed by atoms with E-state index >= 15 is 0 Å². The summed E-state index contributed by atoms with van der Waals surface area (Å²) < 4.78 is 0.232. The average molecular weight is 251 g/mol. The second-order valence-corrected chi connectivity index (χ2v) is 6.26. The lowest BCUT2D eigenvalue weighted by molar-refractivity contribution is 0.498. The molecule has 17 heavy (non-hydrogen) atoms. The van der Waals surface area contributed by atoms with Crippen molar-refractivity contribution in [3.8, 4) is 0 Å². The third kappa shape index (κ3) is 4.04. The number of hydrogen-bond acceptors (Lipinski definition) is 2. The third-order valence-electron chi connectivity index (χ3n) is 3.20. The summed E-state index contributed by atoms with van der Waals surface area (Å²) in [5.41, 5.74) is 7.42. The van der Waals surface area contributed by atoms with E-state index in [4.69, 9.17) is 5.73 Å². The summed E-state index contributed by atoms with van der Waals surface area (Å²) >= 11 is 1.99. The number of aryl methyl sites for hydroxylation is 1. The summed E-state index contributed by atoms with van der Waals surface area (Å²) in [7, 11) is 0. The monoisotopic (exact) mass is 251 g/mol. The Labute approximate surface area is 110 Å². The van der Waals surface area contributed by atoms with Crippen molar-refractivity contribution in [2.24, 2.45) is 5.73 Å². The van der Waals surface area contributed by atoms with Gasteiger partial charge in [0.25, 0.3) is 0 Å². The molecule has 0 saturated heterocycles. The van der Waals surface area contributed by atoms with Gasteiger partial charge in [-0.05, 0) is 31.4 Å². The minimum Gasteiger partial charge on any atom is -0.329 e. The van der Waals surface area contributed by atoms with Gasteiger partial charge in [-0.1, -0.05) is 44.9 Å². The molecule has 0 fully saturated rings. The molecule has 0 heterocycles. The zero-order valence-corrected chi connectivity index (χ0v) is 12.1. The minimum absolute atomic E-state index is 0.232. The first kappa shape index (κ1) is 14.6. The van der Waals surface area contributed by atoms with E-state index in [0.29, 0.717) is 0 Å². The largest absolute Gasteiger partial charge is 0.329 e. The minimum atomic E-state index is 0.232. The molecule has 0 aromatic heterocycles. The lowest BCUT2D eigenvalue weighted by atomic mass is 9.97. The van der Waals surface area contributed by atoms with Crippen LogP contribution in [0.25, 0.3) is 0 Å². The summed E-state index contributed by atoms with van der Waals surface area (Å²) in [4.78, 5) is 1.39. The fourth-order valence-corrected chi connectivity index (χ4v) is 3.83. The molecule has 0 atom stereocenters. The highest BCUT2D eigenvalue weighted by Gasteiger charge is 2.28. The highest BCUT2D eigenvalue weighted by atomic mass is 32.2. The highest BCUT2D eigenvalue weighted by Crippen LogP contribution is 2.40. The molecule has 0 spiro atoms. The summed E-state index contributed by atoms with van der Waals surface area (Å²) in [5, 5.41) is 0. The van der Waals surface area contributed by atoms with Gasteiger partial charge in [0.1, 0.15) is 0 Å². The molecule has 2 heteroatoms. The smallest absolute Gasteiger partial charge is 0.0329 e. The summed E-state index contributed by atoms with van der Waals surface area (Å²) in [6.45, 7) is 7.45. The first-order chi connectivity index (χ1) is 8.17. The van der Waals surface area contributed by atoms with Crippen molar-refractivity contribution in [3.05, 3.63) is 29.8 Å². The standard InChI is InChI=1S/C15H25NS/c1-4-10-15(12-16,11-5-2)17-14-9-7-6-8-13(14)3/h6-9H,4-5,10-12,16H2,1-3H3. The van der Waals surface area contributed by atoms with Gasteiger partial charge in [-0.15, -0.1) is 11.8 Å². The number of thioether (sulfide) groups is 1. The van der Waals surface area contributed by atoms with E-state index in [9.17, 15) is 0 Å². The van der Waals surface area contributed by atoms with Crippen LogP contribution in [0.3, 0.4) is 0 Å². The van der Waals surface area contributed by atoms with Crippen molar-refractivity contribution in [2.75, 3.05) is 6.54 Å². The molecular formula is C15H25NS. The first-order valence-electron chi connectivity index (χ1n) is 6.62. The second kappa shape index (κ2) is 7.07. The quantitative estimate of drug-likeness (QED) is 0.728. The van der Waals surface area contributed by atoms with Gasteiger partial charge in [-0.25, -0.2) is 0 Å². The Bertz CT molecular complexity index is 329. The van der Waals surface area contributed by atoms with E-state index in [1.165, 1.54) is 36.1 Å². The number of benzene rings is 1. The molecule has 1 aromatic rings. The zero-order chi connectivity index (χ0) is 12.7. The van der Waals surface area contributed by atoms with Gasteiger partial charge in [0.15, 0.2) is 0 Å². The molecule has 0 radical (unpaired) electrons. The molecule has 0 aliphatic rings. The lowest BCUT2D eigenvalue weighted by Gasteiger charge is -2.32. The van der Waals surface area contributed by atoms with Crippen LogP contribution in [-0.2, 0) is 0 Å². The molecule has 2 N–H and O–H groups in total. The normalized spacial score (nSPS) is 11.8. The van der Waals surface area contributed by atoms with E-state index in [0.717, 1.165) is 6.54 Å². The maximum Gasteiger partial charge on any atom is 0.0329 e. The zero-order valence-electron chi connectivity index (χ0n) is 11.3. The highest BCUT2D eigenvalue weighted by molar-refractivity contribution is 8.00. The Morgan fingerprint density at radius 1 is 1.12 bits per heavy atom. The maximum absolute atomic E-state index is 6.06. The van der Waals surface area contributed by atoms with Crippen LogP contribution in [-0.4, -0.2) is 11.3 Å². The Morgan fingerprint density at radius 2 is 1.71 bits per heavy atom. The van der Waals surface area contributed by atoms with Gasteiger partial charge in [0.05, 0.1) is 0 Å². The molecule has 0 aliphatic heterocycles. The van der Waals surface area contributed by atoms with Crippen LogP contribution >= 0.6 is 11.8 Å². The molecule has 96 valence electrons. The Kier molecular flexibility index (Phi) is 6.07. The van der Waals surface area contributed by atoms with Gasteiger partial charge < -0.3 is 5.73 Å². The van der Waals surface area contributed by atoms with Crippen LogP contribution < -0.4 is 5.73 Å². The molecule has 1 rings (SSSR count). The van der Waals surface area contributed by atoms with Crippen LogP contribution in [0, 0.1) is 6.92 Å². The van der Waals surface area contributed by atoms with Crippen LogP contribution in [0.5, 0.6) is 0 Å². The van der Waals surface area contributed by atoms with Crippen molar-refractivity contribution >= 4 is 11.8 Å². The van der Waals surface area contributed by atoms with Gasteiger partial charge in [-0.2, -0.15) is 0 Å². The fraction of sp³-hybridized carbons (Fsp3) is 0.600. The molecule has 0 unspecified atom stereocenters. The lowest BCUT2D eigenvalue weighted by Crippen LogP contribution is -2.34. The Hall–Kier alpha value is -0.470. The molecule has 0 bridgehead atoms. The van der Waals surface area contributed by atoms with Crippen LogP contribution in [0.15, 0.2) is 29.2 Å². The average Bonchev–Trinajstić information content (AvgIpc) is 2.33. The number of nitrogens with two attached hydrogens (primary N) is 1. The number of rotatable bonds is 7. The van der Waals surface area contributed by atoms with Crippen molar-refractivity contribution < 1.29 is 0 Å². The Balaban J connectivity index is 2.88. The molecule has 0 aliphatic carbocycles. The van der Waals surface area contributed by atoms with Crippen molar-refractivity contribution in [3.63, 3.8) is 0 Å². The summed E-state index contributed by atoms with van der Waals surface area (Å²) in [6.07, 6.45) is 4.82. The Morgan fingerprint density at radius 3 is 2.18 bits per heavy atom. The van der Waals surface area contributed by atoms with Crippen molar-refractivity contribution in [1.29, 1.82) is 0 Å². The predicted octanol–water partition coefficient (Wildman–Crippen LogP) is 4.38. The van der Waals surface area contributed by atoms with E-state index in [1.54, 1.807) is 0 Å². The molecule has 0 amide bonds. The van der Waals surface area contributed by atoms with E-state index in [2.05, 4.69) is 45.0 Å². The van der Waals surface area contributed by atoms with Crippen LogP contribution in [0.2, 0.25) is 0 Å². The van der Waals surface area contributed by atoms with E-state index in [-0.39, 0.29) is 4.75 Å². The van der Waals surface area contributed by atoms with Gasteiger partial charge in [-0.3, -0.25) is 0 Å². The molecule has 1 nitrogen and oxygen atoms in total. The summed E-state index contributed by atoms with van der Waals surface area (Å²) in [6, 6.07) is 8.62. The van der Waals surface area contributed by atoms with Gasteiger partial charge in [0.2, 0.25) is 0 Å². The second-order valence-electron chi connectivity index (χ2n) is 4.75. The molecular weight excluding hydrogens is 226 g/mol. The van der Waals surface area contributed by atoms with Crippen molar-refractivity contribution in [1.82, 2.24) is 0 Å². The number of hydrogen-bond donors (Lipinski definition) is 1. The topological polar surface area (TPSA) is 26.0 Å². The predicted molar refractivity (Wildman–Crippen MR) is 78.6 cm³/mol. The van der Waals surface area contributed by atoms with Crippen molar-refractivity contribution in [2.45, 2.75) is 56.1 Å². The maximum atomic E-state index is 6.06. The molecule has 1 aromatic carbocycles. The van der Waals surface area contributed by atoms with Crippen LogP contribution in [0.4, 0.5) is 0 Å². The summed E-state index contributed by atoms with van der Waals surface area (Å²) in [5.74, 6) is 0. The SMILES string of the molecule is CCCC(CN)(CCC)Sc1ccccc1C. The first-order valence-corrected chi connectivity index (χ1v) is 7.44. The van der Waals surface area contributed by atoms with E-state index < -0.39 is 0 Å². The van der Waals surface area contributed by atoms with Gasteiger partial charge in [0, 0.05) is 16.2 Å².